The van der Waals surface area contributed by atoms with Crippen LogP contribution >= 0.6 is 11.8 Å². The first-order chi connectivity index (χ1) is 5.93. The molecule has 0 spiro atoms. The van der Waals surface area contributed by atoms with Gasteiger partial charge in [-0.05, 0) is 18.6 Å². The Balaban J connectivity index is 1.96. The molecule has 1 N–H and O–H groups in total. The van der Waals surface area contributed by atoms with Crippen molar-refractivity contribution < 1.29 is 5.11 Å². The molecule has 0 unspecified atom stereocenters. The van der Waals surface area contributed by atoms with Crippen molar-refractivity contribution in [3.05, 3.63) is 12.5 Å². The zero-order chi connectivity index (χ0) is 8.65. The Hall–Kier alpha value is -0.480. The second-order valence-corrected chi connectivity index (χ2v) is 3.64. The van der Waals surface area contributed by atoms with E-state index in [4.69, 9.17) is 0 Å². The van der Waals surface area contributed by atoms with Gasteiger partial charge in [0.1, 0.15) is 5.03 Å². The van der Waals surface area contributed by atoms with Crippen LogP contribution in [0, 0.1) is 0 Å². The van der Waals surface area contributed by atoms with Crippen molar-refractivity contribution in [2.24, 2.45) is 0 Å². The van der Waals surface area contributed by atoms with E-state index in [1.807, 2.05) is 6.20 Å². The topological polar surface area (TPSA) is 48.6 Å². The lowest BCUT2D eigenvalue weighted by Gasteiger charge is -1.96. The summed E-state index contributed by atoms with van der Waals surface area (Å²) in [5.41, 5.74) is 0. The Labute approximate surface area is 76.6 Å². The summed E-state index contributed by atoms with van der Waals surface area (Å²) >= 11 is 1.73. The van der Waals surface area contributed by atoms with Gasteiger partial charge in [-0.2, -0.15) is 0 Å². The molecule has 1 aromatic rings. The van der Waals surface area contributed by atoms with E-state index < -0.39 is 0 Å². The highest BCUT2D eigenvalue weighted by molar-refractivity contribution is 7.99. The second-order valence-electron chi connectivity index (χ2n) is 2.52. The highest BCUT2D eigenvalue weighted by Crippen LogP contribution is 2.15. The normalized spacial score (nSPS) is 10.4. The van der Waals surface area contributed by atoms with Crippen LogP contribution in [0.15, 0.2) is 17.6 Å². The summed E-state index contributed by atoms with van der Waals surface area (Å²) in [6.45, 7) is 0.0626. The van der Waals surface area contributed by atoms with Crippen molar-refractivity contribution in [1.82, 2.24) is 9.97 Å². The second kappa shape index (κ2) is 6.08. The molecular weight excluding hydrogens is 172 g/mol. The predicted molar refractivity (Wildman–Crippen MR) is 48.7 cm³/mol. The fourth-order valence-corrected chi connectivity index (χ4v) is 1.72. The molecule has 0 fully saturated rings. The van der Waals surface area contributed by atoms with Crippen LogP contribution < -0.4 is 0 Å². The fourth-order valence-electron chi connectivity index (χ4n) is 0.883. The van der Waals surface area contributed by atoms with Gasteiger partial charge in [0.15, 0.2) is 0 Å². The molecule has 0 aliphatic carbocycles. The van der Waals surface area contributed by atoms with Gasteiger partial charge in [-0.25, -0.2) is 10.1 Å². The number of imidazole rings is 1. The van der Waals surface area contributed by atoms with E-state index in [2.05, 4.69) is 9.97 Å². The minimum absolute atomic E-state index is 0.0626. The summed E-state index contributed by atoms with van der Waals surface area (Å²) in [5.74, 6) is 1.06. The van der Waals surface area contributed by atoms with Crippen molar-refractivity contribution in [3.63, 3.8) is 0 Å². The highest BCUT2D eigenvalue weighted by atomic mass is 32.2. The lowest BCUT2D eigenvalue weighted by molar-refractivity contribution is 0.186. The van der Waals surface area contributed by atoms with E-state index in [0.29, 0.717) is 0 Å². The SMILES string of the molecule is [O]CCCCCSc1c[nH]cn1. The smallest absolute Gasteiger partial charge is 0.114 e. The summed E-state index contributed by atoms with van der Waals surface area (Å²) < 4.78 is 0. The Bertz CT molecular complexity index is 189. The molecule has 1 rings (SSSR count). The third kappa shape index (κ3) is 3.78. The largest absolute Gasteiger partial charge is 0.350 e. The summed E-state index contributed by atoms with van der Waals surface area (Å²) in [7, 11) is 0. The van der Waals surface area contributed by atoms with Crippen LogP contribution in [0.25, 0.3) is 0 Å². The van der Waals surface area contributed by atoms with Crippen LogP contribution in [0.1, 0.15) is 19.3 Å². The summed E-state index contributed by atoms with van der Waals surface area (Å²) in [6, 6.07) is 0. The number of nitrogens with zero attached hydrogens (tertiary/aromatic N) is 1. The lowest BCUT2D eigenvalue weighted by Crippen LogP contribution is -1.84. The summed E-state index contributed by atoms with van der Waals surface area (Å²) in [4.78, 5) is 6.98. The first-order valence-electron chi connectivity index (χ1n) is 4.13. The molecule has 1 heterocycles. The lowest BCUT2D eigenvalue weighted by atomic mass is 10.3. The van der Waals surface area contributed by atoms with E-state index in [9.17, 15) is 5.11 Å². The maximum absolute atomic E-state index is 10.1. The van der Waals surface area contributed by atoms with Gasteiger partial charge >= 0.3 is 0 Å². The van der Waals surface area contributed by atoms with Crippen molar-refractivity contribution in [2.75, 3.05) is 12.4 Å². The predicted octanol–water partition coefficient (Wildman–Crippen LogP) is 2.10. The first-order valence-corrected chi connectivity index (χ1v) is 5.11. The molecule has 0 atom stereocenters. The average Bonchev–Trinajstić information content (AvgIpc) is 2.57. The van der Waals surface area contributed by atoms with E-state index in [1.54, 1.807) is 18.1 Å². The van der Waals surface area contributed by atoms with Gasteiger partial charge in [0.05, 0.1) is 12.9 Å². The number of H-pyrrole nitrogens is 1. The number of hydrogen-bond acceptors (Lipinski definition) is 2. The Morgan fingerprint density at radius 1 is 1.42 bits per heavy atom. The van der Waals surface area contributed by atoms with Crippen molar-refractivity contribution in [1.29, 1.82) is 0 Å². The molecule has 1 radical (unpaired) electrons. The molecule has 0 amide bonds. The Morgan fingerprint density at radius 2 is 2.33 bits per heavy atom. The third-order valence-corrected chi connectivity index (χ3v) is 2.52. The molecule has 12 heavy (non-hydrogen) atoms. The van der Waals surface area contributed by atoms with E-state index in [-0.39, 0.29) is 6.61 Å². The van der Waals surface area contributed by atoms with E-state index >= 15 is 0 Å². The molecule has 3 nitrogen and oxygen atoms in total. The monoisotopic (exact) mass is 185 g/mol. The Morgan fingerprint density at radius 3 is 3.00 bits per heavy atom. The number of rotatable bonds is 6. The van der Waals surface area contributed by atoms with Gasteiger partial charge in [0.2, 0.25) is 0 Å². The summed E-state index contributed by atoms with van der Waals surface area (Å²) in [6.07, 6.45) is 6.53. The minimum atomic E-state index is 0.0626. The van der Waals surface area contributed by atoms with E-state index in [0.717, 1.165) is 30.0 Å². The number of hydrogen-bond donors (Lipinski definition) is 1. The molecule has 0 saturated carbocycles. The summed E-state index contributed by atoms with van der Waals surface area (Å²) in [5, 5.41) is 11.1. The zero-order valence-electron chi connectivity index (χ0n) is 6.95. The maximum atomic E-state index is 10.1. The quantitative estimate of drug-likeness (QED) is 0.545. The fraction of sp³-hybridized carbons (Fsp3) is 0.625. The van der Waals surface area contributed by atoms with Crippen LogP contribution in [-0.4, -0.2) is 22.3 Å². The number of aromatic amines is 1. The van der Waals surface area contributed by atoms with Gasteiger partial charge < -0.3 is 4.98 Å². The zero-order valence-corrected chi connectivity index (χ0v) is 7.77. The third-order valence-electron chi connectivity index (χ3n) is 1.51. The molecule has 4 heteroatoms. The van der Waals surface area contributed by atoms with Crippen LogP contribution in [0.2, 0.25) is 0 Å². The van der Waals surface area contributed by atoms with Crippen LogP contribution in [0.4, 0.5) is 0 Å². The number of unbranched alkanes of at least 4 members (excludes halogenated alkanes) is 2. The van der Waals surface area contributed by atoms with E-state index in [1.165, 1.54) is 0 Å². The average molecular weight is 185 g/mol. The van der Waals surface area contributed by atoms with Gasteiger partial charge in [0, 0.05) is 6.20 Å². The Kier molecular flexibility index (Phi) is 4.87. The number of aromatic nitrogens is 2. The number of nitrogens with one attached hydrogen (secondary N) is 1. The molecule has 1 aromatic heterocycles. The molecule has 0 aliphatic heterocycles. The first kappa shape index (κ1) is 9.61. The standard InChI is InChI=1S/C8H13N2OS/c11-4-2-1-3-5-12-8-6-9-7-10-8/h6-7H,1-5H2,(H,9,10). The van der Waals surface area contributed by atoms with Gasteiger partial charge in [-0.3, -0.25) is 0 Å². The number of thioether (sulfide) groups is 1. The van der Waals surface area contributed by atoms with Gasteiger partial charge in [-0.1, -0.05) is 6.42 Å². The maximum Gasteiger partial charge on any atom is 0.114 e. The molecule has 0 aromatic carbocycles. The van der Waals surface area contributed by atoms with Gasteiger partial charge in [0.25, 0.3) is 0 Å². The molecule has 67 valence electrons. The molecular formula is C8H13N2OS. The van der Waals surface area contributed by atoms with Crippen LogP contribution in [0.3, 0.4) is 0 Å². The molecule has 0 bridgehead atoms. The van der Waals surface area contributed by atoms with Crippen molar-refractivity contribution >= 4 is 11.8 Å². The van der Waals surface area contributed by atoms with Crippen LogP contribution in [-0.2, 0) is 5.11 Å². The van der Waals surface area contributed by atoms with Crippen molar-refractivity contribution in [2.45, 2.75) is 24.3 Å². The van der Waals surface area contributed by atoms with Crippen molar-refractivity contribution in [3.8, 4) is 0 Å². The van der Waals surface area contributed by atoms with Gasteiger partial charge in [-0.15, -0.1) is 11.8 Å². The molecule has 0 saturated heterocycles. The minimum Gasteiger partial charge on any atom is -0.350 e. The highest BCUT2D eigenvalue weighted by Gasteiger charge is 1.94. The molecule has 0 aliphatic rings. The van der Waals surface area contributed by atoms with Crippen LogP contribution in [0.5, 0.6) is 0 Å².